The van der Waals surface area contributed by atoms with Crippen LogP contribution in [0.1, 0.15) is 50.0 Å². The monoisotopic (exact) mass is 563 g/mol. The summed E-state index contributed by atoms with van der Waals surface area (Å²) in [5.74, 6) is -3.99. The van der Waals surface area contributed by atoms with Gasteiger partial charge in [0.2, 0.25) is 0 Å². The van der Waals surface area contributed by atoms with Gasteiger partial charge in [-0.3, -0.25) is 24.5 Å². The van der Waals surface area contributed by atoms with Gasteiger partial charge in [-0.2, -0.15) is 5.01 Å². The molecule has 0 spiro atoms. The number of hydrazine groups is 1. The first-order chi connectivity index (χ1) is 19.9. The molecule has 2 bridgehead atoms. The Hall–Kier alpha value is -4.82. The second-order valence-electron chi connectivity index (χ2n) is 10.5. The predicted octanol–water partition coefficient (Wildman–Crippen LogP) is 5.70. The third-order valence-electron chi connectivity index (χ3n) is 8.51. The van der Waals surface area contributed by atoms with Crippen LogP contribution in [0.15, 0.2) is 97.1 Å². The van der Waals surface area contributed by atoms with E-state index in [2.05, 4.69) is 0 Å². The van der Waals surface area contributed by atoms with E-state index in [0.29, 0.717) is 10.6 Å². The largest absolute Gasteiger partial charge is 0.282 e. The summed E-state index contributed by atoms with van der Waals surface area (Å²) in [6.07, 6.45) is 0. The first-order valence-corrected chi connectivity index (χ1v) is 13.6. The quantitative estimate of drug-likeness (QED) is 0.176. The Morgan fingerprint density at radius 3 is 1.73 bits per heavy atom. The molecule has 0 N–H and O–H groups in total. The van der Waals surface area contributed by atoms with Gasteiger partial charge in [-0.05, 0) is 39.9 Å². The molecule has 9 heteroatoms. The predicted molar refractivity (Wildman–Crippen MR) is 150 cm³/mol. The molecule has 0 saturated carbocycles. The molecule has 4 aromatic rings. The van der Waals surface area contributed by atoms with E-state index in [1.807, 2.05) is 48.5 Å². The maximum absolute atomic E-state index is 14.4. The van der Waals surface area contributed by atoms with Crippen LogP contribution < -0.4 is 0 Å². The lowest BCUT2D eigenvalue weighted by molar-refractivity contribution is -0.385. The second-order valence-corrected chi connectivity index (χ2v) is 10.9. The summed E-state index contributed by atoms with van der Waals surface area (Å²) in [4.78, 5) is 54.0. The van der Waals surface area contributed by atoms with Crippen molar-refractivity contribution < 1.29 is 19.3 Å². The fraction of sp³-hybridized carbons (Fsp3) is 0.156. The highest BCUT2D eigenvalue weighted by molar-refractivity contribution is 6.31. The fourth-order valence-electron chi connectivity index (χ4n) is 6.87. The molecule has 1 heterocycles. The Kier molecular flexibility index (Phi) is 5.76. The molecule has 3 amide bonds. The van der Waals surface area contributed by atoms with E-state index in [9.17, 15) is 24.5 Å². The van der Waals surface area contributed by atoms with E-state index in [-0.39, 0.29) is 23.9 Å². The molecule has 1 fully saturated rings. The molecular weight excluding hydrogens is 542 g/mol. The lowest BCUT2D eigenvalue weighted by atomic mass is 9.55. The molecule has 41 heavy (non-hydrogen) atoms. The van der Waals surface area contributed by atoms with Gasteiger partial charge in [-0.1, -0.05) is 90.5 Å². The van der Waals surface area contributed by atoms with E-state index in [1.54, 1.807) is 24.3 Å². The molecule has 2 atom stereocenters. The van der Waals surface area contributed by atoms with Crippen molar-refractivity contribution in [3.63, 3.8) is 0 Å². The first kappa shape index (κ1) is 25.2. The van der Waals surface area contributed by atoms with Crippen LogP contribution in [0.3, 0.4) is 0 Å². The highest BCUT2D eigenvalue weighted by Gasteiger charge is 2.63. The molecule has 0 aromatic heterocycles. The zero-order chi connectivity index (χ0) is 28.4. The number of nitrogens with zero attached hydrogens (tertiary/aromatic N) is 3. The molecule has 8 rings (SSSR count). The number of carbonyl (C=O) groups is 3. The molecule has 0 unspecified atom stereocenters. The summed E-state index contributed by atoms with van der Waals surface area (Å²) in [5, 5.41) is 14.1. The van der Waals surface area contributed by atoms with Crippen molar-refractivity contribution in [2.45, 2.75) is 18.4 Å². The number of halogens is 1. The van der Waals surface area contributed by atoms with E-state index in [1.165, 1.54) is 24.3 Å². The van der Waals surface area contributed by atoms with Gasteiger partial charge in [0.25, 0.3) is 23.4 Å². The van der Waals surface area contributed by atoms with Gasteiger partial charge < -0.3 is 0 Å². The smallest absolute Gasteiger partial charge is 0.272 e. The molecule has 8 nitrogen and oxygen atoms in total. The molecule has 202 valence electrons. The van der Waals surface area contributed by atoms with Crippen LogP contribution in [-0.2, 0) is 16.1 Å². The van der Waals surface area contributed by atoms with Gasteiger partial charge in [0.1, 0.15) is 5.56 Å². The van der Waals surface area contributed by atoms with Crippen molar-refractivity contribution in [3.8, 4) is 0 Å². The molecule has 4 aromatic carbocycles. The third-order valence-corrected chi connectivity index (χ3v) is 8.88. The summed E-state index contributed by atoms with van der Waals surface area (Å²) in [7, 11) is 0. The van der Waals surface area contributed by atoms with Crippen molar-refractivity contribution in [3.05, 3.63) is 146 Å². The van der Waals surface area contributed by atoms with Crippen LogP contribution in [0.25, 0.3) is 0 Å². The van der Waals surface area contributed by atoms with Crippen molar-refractivity contribution >= 4 is 35.0 Å². The van der Waals surface area contributed by atoms with Gasteiger partial charge in [0, 0.05) is 22.9 Å². The van der Waals surface area contributed by atoms with Crippen LogP contribution in [0.5, 0.6) is 0 Å². The summed E-state index contributed by atoms with van der Waals surface area (Å²) in [6.45, 7) is -0.225. The highest BCUT2D eigenvalue weighted by atomic mass is 35.5. The Morgan fingerprint density at radius 1 is 0.756 bits per heavy atom. The minimum absolute atomic E-state index is 0.225. The van der Waals surface area contributed by atoms with Gasteiger partial charge in [-0.25, -0.2) is 5.01 Å². The normalized spacial score (nSPS) is 21.7. The summed E-state index contributed by atoms with van der Waals surface area (Å²) >= 11 is 6.45. The Labute approximate surface area is 239 Å². The number of amides is 3. The van der Waals surface area contributed by atoms with Crippen LogP contribution >= 0.6 is 11.6 Å². The SMILES string of the molecule is O=C(c1ccccc1[N+](=O)[O-])N(Cc1ccccc1Cl)N1C(=O)[C@@H]2C3c4ccccc4C(c4ccccc43)[C@@H]2C1=O. The van der Waals surface area contributed by atoms with Crippen LogP contribution in [0.2, 0.25) is 5.02 Å². The molecule has 3 aliphatic carbocycles. The minimum atomic E-state index is -0.833. The lowest BCUT2D eigenvalue weighted by Gasteiger charge is -2.45. The standard InChI is InChI=1S/C32H22ClN3O5/c33-24-15-7-1-9-18(24)17-34(30(37)23-14-6-8-16-25(23)36(40)41)35-31(38)28-26-19-10-2-3-11-20(19)27(29(28)32(35)39)22-13-5-4-12-21(22)26/h1-16,26-29H,17H2/t26?,27?,28-,29+. The van der Waals surface area contributed by atoms with Crippen molar-refractivity contribution in [2.75, 3.05) is 0 Å². The highest BCUT2D eigenvalue weighted by Crippen LogP contribution is 2.61. The van der Waals surface area contributed by atoms with Gasteiger partial charge in [0.15, 0.2) is 0 Å². The Morgan fingerprint density at radius 2 is 1.22 bits per heavy atom. The van der Waals surface area contributed by atoms with Crippen molar-refractivity contribution in [1.82, 2.24) is 10.0 Å². The van der Waals surface area contributed by atoms with Crippen LogP contribution in [0.4, 0.5) is 5.69 Å². The van der Waals surface area contributed by atoms with E-state index in [4.69, 9.17) is 11.6 Å². The summed E-state index contributed by atoms with van der Waals surface area (Å²) in [6, 6.07) is 28.0. The number of hydrogen-bond donors (Lipinski definition) is 0. The summed E-state index contributed by atoms with van der Waals surface area (Å²) in [5.41, 5.74) is 3.86. The topological polar surface area (TPSA) is 101 Å². The van der Waals surface area contributed by atoms with Gasteiger partial charge in [0.05, 0.1) is 23.3 Å². The van der Waals surface area contributed by atoms with Crippen molar-refractivity contribution in [1.29, 1.82) is 0 Å². The molecule has 1 saturated heterocycles. The molecular formula is C32H22ClN3O5. The molecule has 0 radical (unpaired) electrons. The van der Waals surface area contributed by atoms with Crippen LogP contribution in [0, 0.1) is 22.0 Å². The molecule has 1 aliphatic heterocycles. The summed E-state index contributed by atoms with van der Waals surface area (Å²) < 4.78 is 0. The maximum Gasteiger partial charge on any atom is 0.282 e. The number of imide groups is 1. The minimum Gasteiger partial charge on any atom is -0.272 e. The first-order valence-electron chi connectivity index (χ1n) is 13.2. The van der Waals surface area contributed by atoms with Crippen molar-refractivity contribution in [2.24, 2.45) is 11.8 Å². The second kappa shape index (κ2) is 9.38. The number of nitro groups is 1. The lowest BCUT2D eigenvalue weighted by Crippen LogP contribution is -2.50. The number of para-hydroxylation sites is 1. The fourth-order valence-corrected chi connectivity index (χ4v) is 7.07. The average Bonchev–Trinajstić information content (AvgIpc) is 3.26. The zero-order valence-electron chi connectivity index (χ0n) is 21.5. The van der Waals surface area contributed by atoms with Crippen LogP contribution in [-0.4, -0.2) is 32.7 Å². The number of hydrogen-bond acceptors (Lipinski definition) is 5. The van der Waals surface area contributed by atoms with Gasteiger partial charge in [-0.15, -0.1) is 0 Å². The number of nitro benzene ring substituents is 1. The Balaban J connectivity index is 1.38. The van der Waals surface area contributed by atoms with E-state index >= 15 is 0 Å². The number of carbonyl (C=O) groups excluding carboxylic acids is 3. The third kappa shape index (κ3) is 3.64. The van der Waals surface area contributed by atoms with E-state index < -0.39 is 40.2 Å². The Bertz CT molecular complexity index is 1670. The maximum atomic E-state index is 14.4. The molecule has 4 aliphatic rings. The number of benzene rings is 4. The van der Waals surface area contributed by atoms with Gasteiger partial charge >= 0.3 is 0 Å². The zero-order valence-corrected chi connectivity index (χ0v) is 22.3. The number of rotatable bonds is 5. The van der Waals surface area contributed by atoms with E-state index in [0.717, 1.165) is 32.3 Å². The average molecular weight is 564 g/mol.